The van der Waals surface area contributed by atoms with Gasteiger partial charge in [-0.2, -0.15) is 18.3 Å². The van der Waals surface area contributed by atoms with Gasteiger partial charge in [0.15, 0.2) is 0 Å². The van der Waals surface area contributed by atoms with Gasteiger partial charge in [-0.1, -0.05) is 0 Å². The zero-order valence-electron chi connectivity index (χ0n) is 16.9. The Morgan fingerprint density at radius 3 is 2.14 bits per heavy atom. The van der Waals surface area contributed by atoms with Gasteiger partial charge in [0.1, 0.15) is 0 Å². The standard InChI is InChI=1S/C19H30F3N5O/c1-14-17(15(2)24(3)23-14)12-25-8-10-27(11-9-25)18(28)16-4-6-26(7-5-16)13-19(20,21)22/h16H,4-13H2,1-3H3. The average molecular weight is 401 g/mol. The first-order valence-corrected chi connectivity index (χ1v) is 9.93. The van der Waals surface area contributed by atoms with Gasteiger partial charge in [0.05, 0.1) is 12.2 Å². The molecule has 9 heteroatoms. The number of hydrogen-bond donors (Lipinski definition) is 0. The van der Waals surface area contributed by atoms with Crippen LogP contribution in [0.1, 0.15) is 29.8 Å². The number of carbonyl (C=O) groups excluding carboxylic acids is 1. The van der Waals surface area contributed by atoms with Gasteiger partial charge in [0, 0.05) is 56.9 Å². The minimum absolute atomic E-state index is 0.111. The minimum Gasteiger partial charge on any atom is -0.340 e. The third-order valence-electron chi connectivity index (χ3n) is 6.06. The van der Waals surface area contributed by atoms with Crippen LogP contribution in [0.15, 0.2) is 0 Å². The number of aryl methyl sites for hydroxylation is 2. The summed E-state index contributed by atoms with van der Waals surface area (Å²) in [6, 6.07) is 0. The van der Waals surface area contributed by atoms with Crippen molar-refractivity contribution < 1.29 is 18.0 Å². The summed E-state index contributed by atoms with van der Waals surface area (Å²) in [6.07, 6.45) is -3.13. The number of carbonyl (C=O) groups is 1. The highest BCUT2D eigenvalue weighted by molar-refractivity contribution is 5.79. The van der Waals surface area contributed by atoms with Gasteiger partial charge < -0.3 is 4.90 Å². The molecule has 0 N–H and O–H groups in total. The number of amides is 1. The zero-order chi connectivity index (χ0) is 20.5. The van der Waals surface area contributed by atoms with Crippen LogP contribution in [0.5, 0.6) is 0 Å². The number of halogens is 3. The molecule has 0 bridgehead atoms. The Hall–Kier alpha value is -1.61. The number of piperazine rings is 1. The zero-order valence-corrected chi connectivity index (χ0v) is 16.9. The van der Waals surface area contributed by atoms with E-state index in [9.17, 15) is 18.0 Å². The summed E-state index contributed by atoms with van der Waals surface area (Å²) in [7, 11) is 1.95. The Bertz CT molecular complexity index is 686. The fraction of sp³-hybridized carbons (Fsp3) is 0.789. The molecule has 28 heavy (non-hydrogen) atoms. The van der Waals surface area contributed by atoms with E-state index in [1.54, 1.807) is 0 Å². The second-order valence-corrected chi connectivity index (χ2v) is 8.04. The molecule has 0 atom stereocenters. The molecule has 3 rings (SSSR count). The van der Waals surface area contributed by atoms with E-state index >= 15 is 0 Å². The van der Waals surface area contributed by atoms with Crippen molar-refractivity contribution in [3.63, 3.8) is 0 Å². The molecule has 0 saturated carbocycles. The largest absolute Gasteiger partial charge is 0.401 e. The van der Waals surface area contributed by atoms with Gasteiger partial charge in [0.2, 0.25) is 5.91 Å². The minimum atomic E-state index is -4.17. The topological polar surface area (TPSA) is 44.6 Å². The van der Waals surface area contributed by atoms with E-state index in [0.29, 0.717) is 39.0 Å². The number of aromatic nitrogens is 2. The third kappa shape index (κ3) is 5.05. The smallest absolute Gasteiger partial charge is 0.340 e. The molecule has 0 spiro atoms. The molecule has 2 aliphatic rings. The summed E-state index contributed by atoms with van der Waals surface area (Å²) < 4.78 is 39.4. The lowest BCUT2D eigenvalue weighted by molar-refractivity contribution is -0.151. The molecule has 1 amide bonds. The number of likely N-dealkylation sites (tertiary alicyclic amines) is 1. The first-order chi connectivity index (χ1) is 13.1. The lowest BCUT2D eigenvalue weighted by Gasteiger charge is -2.38. The molecule has 2 fully saturated rings. The van der Waals surface area contributed by atoms with Crippen molar-refractivity contribution in [2.24, 2.45) is 13.0 Å². The highest BCUT2D eigenvalue weighted by atomic mass is 19.4. The second kappa shape index (κ2) is 8.41. The molecule has 1 aromatic rings. The monoisotopic (exact) mass is 401 g/mol. The number of rotatable bonds is 4. The summed E-state index contributed by atoms with van der Waals surface area (Å²) in [5.41, 5.74) is 3.46. The predicted octanol–water partition coefficient (Wildman–Crippen LogP) is 1.96. The predicted molar refractivity (Wildman–Crippen MR) is 99.8 cm³/mol. The number of alkyl halides is 3. The van der Waals surface area contributed by atoms with E-state index in [-0.39, 0.29) is 11.8 Å². The van der Waals surface area contributed by atoms with E-state index in [2.05, 4.69) is 16.9 Å². The quantitative estimate of drug-likeness (QED) is 0.774. The Morgan fingerprint density at radius 1 is 1.04 bits per heavy atom. The fourth-order valence-corrected chi connectivity index (χ4v) is 4.25. The first kappa shape index (κ1) is 21.1. The Kier molecular flexibility index (Phi) is 6.34. The molecule has 6 nitrogen and oxygen atoms in total. The van der Waals surface area contributed by atoms with Gasteiger partial charge in [0.25, 0.3) is 0 Å². The molecule has 2 aliphatic heterocycles. The van der Waals surface area contributed by atoms with Crippen molar-refractivity contribution in [2.45, 2.75) is 39.4 Å². The first-order valence-electron chi connectivity index (χ1n) is 9.93. The third-order valence-corrected chi connectivity index (χ3v) is 6.06. The fourth-order valence-electron chi connectivity index (χ4n) is 4.25. The van der Waals surface area contributed by atoms with Gasteiger partial charge in [-0.05, 0) is 39.8 Å². The van der Waals surface area contributed by atoms with E-state index in [4.69, 9.17) is 0 Å². The van der Waals surface area contributed by atoms with Crippen LogP contribution in [0.25, 0.3) is 0 Å². The van der Waals surface area contributed by atoms with Crippen molar-refractivity contribution in [1.82, 2.24) is 24.5 Å². The number of nitrogens with zero attached hydrogens (tertiary/aromatic N) is 5. The van der Waals surface area contributed by atoms with Crippen LogP contribution in [0.3, 0.4) is 0 Å². The summed E-state index contributed by atoms with van der Waals surface area (Å²) in [5, 5.41) is 4.46. The van der Waals surface area contributed by atoms with E-state index < -0.39 is 12.7 Å². The molecule has 3 heterocycles. The summed E-state index contributed by atoms with van der Waals surface area (Å²) in [5.74, 6) is -0.0288. The lowest BCUT2D eigenvalue weighted by Crippen LogP contribution is -2.51. The molecular weight excluding hydrogens is 371 g/mol. The summed E-state index contributed by atoms with van der Waals surface area (Å²) in [4.78, 5) is 18.4. The van der Waals surface area contributed by atoms with Crippen LogP contribution in [0, 0.1) is 19.8 Å². The van der Waals surface area contributed by atoms with E-state index in [1.165, 1.54) is 16.2 Å². The Morgan fingerprint density at radius 2 is 1.64 bits per heavy atom. The van der Waals surface area contributed by atoms with Crippen LogP contribution >= 0.6 is 0 Å². The number of hydrogen-bond acceptors (Lipinski definition) is 4. The normalized spacial score (nSPS) is 20.7. The van der Waals surface area contributed by atoms with Crippen molar-refractivity contribution in [3.8, 4) is 0 Å². The maximum absolute atomic E-state index is 12.8. The molecule has 0 aliphatic carbocycles. The van der Waals surface area contributed by atoms with Gasteiger partial charge in [-0.3, -0.25) is 19.3 Å². The van der Waals surface area contributed by atoms with Crippen LogP contribution in [0.4, 0.5) is 13.2 Å². The Labute approximate surface area is 164 Å². The highest BCUT2D eigenvalue weighted by Crippen LogP contribution is 2.24. The van der Waals surface area contributed by atoms with Crippen molar-refractivity contribution in [2.75, 3.05) is 45.8 Å². The van der Waals surface area contributed by atoms with Gasteiger partial charge in [-0.15, -0.1) is 0 Å². The maximum Gasteiger partial charge on any atom is 0.401 e. The molecule has 2 saturated heterocycles. The van der Waals surface area contributed by atoms with Crippen LogP contribution in [0.2, 0.25) is 0 Å². The van der Waals surface area contributed by atoms with Gasteiger partial charge >= 0.3 is 6.18 Å². The Balaban J connectivity index is 1.45. The second-order valence-electron chi connectivity index (χ2n) is 8.04. The average Bonchev–Trinajstić information content (AvgIpc) is 2.87. The maximum atomic E-state index is 12.8. The molecular formula is C19H30F3N5O. The molecule has 158 valence electrons. The van der Waals surface area contributed by atoms with Crippen molar-refractivity contribution in [3.05, 3.63) is 17.0 Å². The molecule has 0 radical (unpaired) electrons. The van der Waals surface area contributed by atoms with Crippen molar-refractivity contribution >= 4 is 5.91 Å². The van der Waals surface area contributed by atoms with Crippen molar-refractivity contribution in [1.29, 1.82) is 0 Å². The number of piperidine rings is 1. The molecule has 0 aromatic carbocycles. The van der Waals surface area contributed by atoms with Crippen LogP contribution < -0.4 is 0 Å². The van der Waals surface area contributed by atoms with E-state index in [1.807, 2.05) is 23.6 Å². The molecule has 1 aromatic heterocycles. The summed E-state index contributed by atoms with van der Waals surface area (Å²) >= 11 is 0. The van der Waals surface area contributed by atoms with E-state index in [0.717, 1.165) is 25.3 Å². The van der Waals surface area contributed by atoms with Gasteiger partial charge in [-0.25, -0.2) is 0 Å². The highest BCUT2D eigenvalue weighted by Gasteiger charge is 2.35. The SMILES string of the molecule is Cc1nn(C)c(C)c1CN1CCN(C(=O)C2CCN(CC(F)(F)F)CC2)CC1. The molecule has 0 unspecified atom stereocenters. The van der Waals surface area contributed by atoms with Crippen LogP contribution in [-0.4, -0.2) is 82.4 Å². The summed E-state index contributed by atoms with van der Waals surface area (Å²) in [6.45, 7) is 7.72. The lowest BCUT2D eigenvalue weighted by atomic mass is 9.95. The van der Waals surface area contributed by atoms with Crippen LogP contribution in [-0.2, 0) is 18.4 Å².